The number of aliphatic hydroxyl groups is 1. The molecule has 21 heteroatoms. The molecule has 0 aromatic carbocycles. The second-order valence-corrected chi connectivity index (χ2v) is 15.3. The molecule has 0 spiro atoms. The van der Waals surface area contributed by atoms with Crippen LogP contribution < -0.4 is 0 Å². The predicted octanol–water partition coefficient (Wildman–Crippen LogP) is 2.55. The summed E-state index contributed by atoms with van der Waals surface area (Å²) in [6.07, 6.45) is -6.41. The van der Waals surface area contributed by atoms with Gasteiger partial charge in [-0.3, -0.25) is 38.4 Å². The maximum absolute atomic E-state index is 13.3. The van der Waals surface area contributed by atoms with Gasteiger partial charge in [0.15, 0.2) is 0 Å². The molecule has 0 aliphatic heterocycles. The summed E-state index contributed by atoms with van der Waals surface area (Å²) < 4.78 is 77.4. The lowest BCUT2D eigenvalue weighted by Gasteiger charge is -2.10. The minimum Gasteiger partial charge on any atom is -0.469 e. The molecule has 21 nitrogen and oxygen atoms in total. The molecule has 0 saturated heterocycles. The monoisotopic (exact) mass is 974 g/mol. The van der Waals surface area contributed by atoms with Crippen LogP contribution in [0.25, 0.3) is 0 Å². The number of aromatic nitrogens is 4. The van der Waals surface area contributed by atoms with Gasteiger partial charge in [0, 0.05) is 95.0 Å². The maximum atomic E-state index is 13.3. The second-order valence-electron chi connectivity index (χ2n) is 15.3. The molecular formula is C48H62N4O17. The minimum atomic E-state index is -1.97. The van der Waals surface area contributed by atoms with Crippen molar-refractivity contribution in [2.24, 2.45) is 0 Å². The Morgan fingerprint density at radius 3 is 1.00 bits per heavy atom. The van der Waals surface area contributed by atoms with Gasteiger partial charge in [-0.1, -0.05) is 0 Å². The van der Waals surface area contributed by atoms with E-state index < -0.39 is 92.8 Å². The van der Waals surface area contributed by atoms with Crippen molar-refractivity contribution in [2.45, 2.75) is 103 Å². The molecule has 0 fully saturated rings. The van der Waals surface area contributed by atoms with E-state index >= 15 is 0 Å². The van der Waals surface area contributed by atoms with Crippen LogP contribution in [-0.4, -0.2) is 130 Å². The van der Waals surface area contributed by atoms with Crippen molar-refractivity contribution in [3.63, 3.8) is 0 Å². The number of ether oxygens (including phenoxy) is 8. The molecule has 0 radical (unpaired) electrons. The van der Waals surface area contributed by atoms with Gasteiger partial charge in [0.05, 0.1) is 90.5 Å². The Balaban J connectivity index is 2.13. The second kappa shape index (κ2) is 26.4. The lowest BCUT2D eigenvalue weighted by molar-refractivity contribution is -0.141. The quantitative estimate of drug-likeness (QED) is 0.0424. The van der Waals surface area contributed by atoms with Gasteiger partial charge in [0.2, 0.25) is 0 Å². The van der Waals surface area contributed by atoms with E-state index in [2.05, 4.69) is 19.9 Å². The first-order chi connectivity index (χ1) is 34.7. The lowest BCUT2D eigenvalue weighted by Crippen LogP contribution is -2.11. The zero-order chi connectivity index (χ0) is 54.3. The van der Waals surface area contributed by atoms with Gasteiger partial charge in [0.25, 0.3) is 0 Å². The number of aliphatic hydroxyl groups excluding tert-OH is 1. The Morgan fingerprint density at radius 2 is 0.667 bits per heavy atom. The van der Waals surface area contributed by atoms with Gasteiger partial charge >= 0.3 is 47.8 Å². The third-order valence-electron chi connectivity index (χ3n) is 11.4. The summed E-state index contributed by atoms with van der Waals surface area (Å²) in [4.78, 5) is 115. The van der Waals surface area contributed by atoms with Gasteiger partial charge in [0.1, 0.15) is 0 Å². The fourth-order valence-corrected chi connectivity index (χ4v) is 7.75. The lowest BCUT2D eigenvalue weighted by atomic mass is 9.94. The van der Waals surface area contributed by atoms with Crippen LogP contribution in [0.5, 0.6) is 0 Å². The van der Waals surface area contributed by atoms with Crippen LogP contribution in [0.2, 0.25) is 0 Å². The normalized spacial score (nSPS) is 13.6. The van der Waals surface area contributed by atoms with E-state index in [4.69, 9.17) is 39.3 Å². The fraction of sp³-hybridized carbons (Fsp3) is 0.500. The van der Waals surface area contributed by atoms with Crippen molar-refractivity contribution in [3.8, 4) is 0 Å². The van der Waals surface area contributed by atoms with Crippen LogP contribution in [-0.2, 0) is 153 Å². The smallest absolute Gasteiger partial charge is 0.310 e. The zero-order valence-corrected chi connectivity index (χ0v) is 39.9. The van der Waals surface area contributed by atoms with Crippen LogP contribution in [0.1, 0.15) is 116 Å². The fourth-order valence-electron chi connectivity index (χ4n) is 7.75. The molecule has 3 unspecified atom stereocenters. The number of carbonyl (C=O) groups is 8. The molecule has 0 bridgehead atoms. The van der Waals surface area contributed by atoms with Gasteiger partial charge in [-0.05, 0) is 70.2 Å². The van der Waals surface area contributed by atoms with Gasteiger partial charge in [-0.2, -0.15) is 0 Å². The maximum Gasteiger partial charge on any atom is 0.310 e. The molecule has 4 aromatic rings. The van der Waals surface area contributed by atoms with Crippen molar-refractivity contribution < 1.29 is 86.8 Å². The van der Waals surface area contributed by atoms with Gasteiger partial charge in [-0.15, -0.1) is 0 Å². The molecule has 376 valence electrons. The number of methoxy groups -OCH3 is 8. The van der Waals surface area contributed by atoms with Crippen molar-refractivity contribution >= 4 is 47.8 Å². The summed E-state index contributed by atoms with van der Waals surface area (Å²) >= 11 is 0. The third kappa shape index (κ3) is 14.7. The summed E-state index contributed by atoms with van der Waals surface area (Å²) in [5.41, 5.74) is 1.57. The Kier molecular flexibility index (Phi) is 18.5. The molecule has 4 aromatic heterocycles. The van der Waals surface area contributed by atoms with E-state index in [1.807, 2.05) is 0 Å². The number of esters is 8. The van der Waals surface area contributed by atoms with Crippen LogP contribution in [0.15, 0.2) is 6.20 Å². The van der Waals surface area contributed by atoms with Crippen molar-refractivity contribution in [1.29, 1.82) is 0 Å². The number of carbonyl (C=O) groups excluding carboxylic acids is 8. The summed E-state index contributed by atoms with van der Waals surface area (Å²) in [6, 6.07) is 0. The summed E-state index contributed by atoms with van der Waals surface area (Å²) in [6.45, 7) is -1.97. The molecule has 5 N–H and O–H groups in total. The van der Waals surface area contributed by atoms with Crippen molar-refractivity contribution in [3.05, 3.63) is 90.6 Å². The number of hydrogen-bond donors (Lipinski definition) is 5. The first kappa shape index (κ1) is 48.3. The number of aromatic amines is 4. The van der Waals surface area contributed by atoms with Gasteiger partial charge in [-0.25, -0.2) is 0 Å². The van der Waals surface area contributed by atoms with Crippen LogP contribution in [0.4, 0.5) is 0 Å². The minimum absolute atomic E-state index is 0.0235. The first-order valence-electron chi connectivity index (χ1n) is 23.9. The van der Waals surface area contributed by atoms with E-state index in [9.17, 15) is 47.6 Å². The molecular weight excluding hydrogens is 905 g/mol. The topological polar surface area (TPSA) is 294 Å². The molecule has 0 aliphatic rings. The number of aryl methyl sites for hydroxylation is 1. The third-order valence-corrected chi connectivity index (χ3v) is 11.4. The van der Waals surface area contributed by atoms with Crippen molar-refractivity contribution in [1.82, 2.24) is 19.9 Å². The number of nitrogens with one attached hydrogen (secondary N) is 4. The van der Waals surface area contributed by atoms with Gasteiger partial charge < -0.3 is 62.9 Å². The van der Waals surface area contributed by atoms with E-state index in [1.165, 1.54) is 34.6 Å². The Labute approximate surface area is 404 Å². The summed E-state index contributed by atoms with van der Waals surface area (Å²) in [5, 5.41) is 10.6. The highest BCUT2D eigenvalue weighted by molar-refractivity contribution is 5.77. The summed E-state index contributed by atoms with van der Waals surface area (Å²) in [7, 11) is 9.31. The Bertz CT molecular complexity index is 2650. The summed E-state index contributed by atoms with van der Waals surface area (Å²) in [5.74, 6) is -5.56. The standard InChI is InChI=1S/C48H62N4O17/c1-62-41(54)13-9-26-24-49-34(30(26)17-45(58)66-5)21-35-27(10-14-42(55)63-2)31(18-46(59)67-6)38(50-35)22-36-28(11-15-43(56)64-3)32(19-47(60)68-7)39(51-36)23-37-29(12-16-44(57)65-4)33(20-48(61)69-8)40(25-53)52-37/h24,49-53H,9-23,25H2,1-8H3/i21T,22T,23T,25T/t21?,22?,23?,25-/m0/s1. The number of hydrogen-bond acceptors (Lipinski definition) is 17. The largest absolute Gasteiger partial charge is 0.469 e. The average molecular weight is 975 g/mol. The first-order valence-corrected chi connectivity index (χ1v) is 21.5. The SMILES string of the molecule is [3H]C(c1[nH]cc(CCC(=O)OC)c1CC(=O)OC)c1[nH]c(C([3H])c2[nH]c(C([3H])c3[nH]c([C@H]([3H])O)c(CC(=O)OC)c3CCC(=O)OC)c(CC(=O)OC)c2CCC(=O)OC)c(CC(=O)OC)c1CCC(=O)OC. The zero-order valence-electron chi connectivity index (χ0n) is 43.9. The van der Waals surface area contributed by atoms with Crippen molar-refractivity contribution in [2.75, 3.05) is 56.9 Å². The van der Waals surface area contributed by atoms with E-state index in [0.717, 1.165) is 28.4 Å². The number of rotatable bonds is 27. The predicted molar refractivity (Wildman–Crippen MR) is 242 cm³/mol. The molecule has 0 amide bonds. The molecule has 4 rings (SSSR count). The highest BCUT2D eigenvalue weighted by atomic mass is 16.5. The van der Waals surface area contributed by atoms with E-state index in [1.54, 1.807) is 0 Å². The average Bonchev–Trinajstić information content (AvgIpc) is 4.16. The van der Waals surface area contributed by atoms with Crippen LogP contribution in [0, 0.1) is 0 Å². The highest BCUT2D eigenvalue weighted by Gasteiger charge is 2.29. The number of H-pyrrole nitrogens is 4. The molecule has 69 heavy (non-hydrogen) atoms. The van der Waals surface area contributed by atoms with Crippen LogP contribution >= 0.6 is 0 Å². The van der Waals surface area contributed by atoms with Crippen LogP contribution in [0.3, 0.4) is 0 Å². The molecule has 4 atom stereocenters. The van der Waals surface area contributed by atoms with E-state index in [0.29, 0.717) is 11.1 Å². The molecule has 0 saturated carbocycles. The Hall–Kier alpha value is -7.16. The molecule has 4 heterocycles. The molecule has 0 aliphatic carbocycles. The highest BCUT2D eigenvalue weighted by Crippen LogP contribution is 2.33. The Morgan fingerprint density at radius 1 is 0.391 bits per heavy atom. The van der Waals surface area contributed by atoms with E-state index in [-0.39, 0.29) is 131 Å².